The summed E-state index contributed by atoms with van der Waals surface area (Å²) in [5.74, 6) is 1.14. The normalized spacial score (nSPS) is 11.2. The van der Waals surface area contributed by atoms with Crippen LogP contribution in [0, 0.1) is 6.92 Å². The van der Waals surface area contributed by atoms with Crippen LogP contribution in [0.1, 0.15) is 67.3 Å². The van der Waals surface area contributed by atoms with Gasteiger partial charge < -0.3 is 4.90 Å². The molecule has 3 rings (SSSR count). The van der Waals surface area contributed by atoms with Gasteiger partial charge in [-0.05, 0) is 53.1 Å². The number of aryl methyl sites for hydroxylation is 1. The van der Waals surface area contributed by atoms with Gasteiger partial charge in [0.25, 0.3) is 0 Å². The summed E-state index contributed by atoms with van der Waals surface area (Å²) < 4.78 is 0. The van der Waals surface area contributed by atoms with Gasteiger partial charge in [0.1, 0.15) is 0 Å². The molecule has 0 fully saturated rings. The molecule has 3 aromatic carbocycles. The Bertz CT molecular complexity index is 802. The standard InChI is InChI=1S/C27H33N/c1-20(2)25-12-8-23(9-13-25)18-28(27-16-6-22(5)7-17-27)19-24-10-14-26(15-11-24)21(3)4/h6-17,20-21H,18-19H2,1-5H3. The van der Waals surface area contributed by atoms with Gasteiger partial charge >= 0.3 is 0 Å². The maximum atomic E-state index is 2.47. The number of hydrogen-bond donors (Lipinski definition) is 0. The minimum absolute atomic E-state index is 0.571. The van der Waals surface area contributed by atoms with Crippen LogP contribution in [-0.2, 0) is 13.1 Å². The fourth-order valence-corrected chi connectivity index (χ4v) is 3.45. The molecule has 0 atom stereocenters. The molecule has 0 heterocycles. The molecule has 3 aromatic rings. The Labute approximate surface area is 171 Å². The van der Waals surface area contributed by atoms with Crippen molar-refractivity contribution in [2.24, 2.45) is 0 Å². The summed E-state index contributed by atoms with van der Waals surface area (Å²) in [5.41, 5.74) is 8.06. The molecule has 0 unspecified atom stereocenters. The van der Waals surface area contributed by atoms with Crippen LogP contribution in [0.25, 0.3) is 0 Å². The summed E-state index contributed by atoms with van der Waals surface area (Å²) in [6, 6.07) is 27.1. The van der Waals surface area contributed by atoms with Gasteiger partial charge in [-0.3, -0.25) is 0 Å². The number of nitrogens with zero attached hydrogens (tertiary/aromatic N) is 1. The van der Waals surface area contributed by atoms with Crippen LogP contribution in [0.15, 0.2) is 72.8 Å². The third kappa shape index (κ3) is 5.25. The summed E-state index contributed by atoms with van der Waals surface area (Å²) in [4.78, 5) is 2.47. The molecule has 0 aliphatic carbocycles. The Balaban J connectivity index is 1.83. The van der Waals surface area contributed by atoms with E-state index in [1.165, 1.54) is 33.5 Å². The number of rotatable bonds is 7. The Kier molecular flexibility index (Phi) is 6.57. The topological polar surface area (TPSA) is 3.24 Å². The molecule has 1 heteroatoms. The highest BCUT2D eigenvalue weighted by molar-refractivity contribution is 5.49. The van der Waals surface area contributed by atoms with Gasteiger partial charge in [0, 0.05) is 18.8 Å². The summed E-state index contributed by atoms with van der Waals surface area (Å²) in [6.07, 6.45) is 0. The number of anilines is 1. The lowest BCUT2D eigenvalue weighted by Gasteiger charge is -2.26. The molecular weight excluding hydrogens is 338 g/mol. The van der Waals surface area contributed by atoms with E-state index in [0.29, 0.717) is 11.8 Å². The lowest BCUT2D eigenvalue weighted by atomic mass is 10.0. The van der Waals surface area contributed by atoms with E-state index in [9.17, 15) is 0 Å². The van der Waals surface area contributed by atoms with Crippen LogP contribution in [0.4, 0.5) is 5.69 Å². The molecule has 0 amide bonds. The number of benzene rings is 3. The van der Waals surface area contributed by atoms with Gasteiger partial charge in [-0.2, -0.15) is 0 Å². The average Bonchev–Trinajstić information content (AvgIpc) is 2.69. The zero-order valence-electron chi connectivity index (χ0n) is 17.9. The summed E-state index contributed by atoms with van der Waals surface area (Å²) in [5, 5.41) is 0. The third-order valence-corrected chi connectivity index (χ3v) is 5.44. The maximum Gasteiger partial charge on any atom is 0.0433 e. The van der Waals surface area contributed by atoms with Crippen molar-refractivity contribution in [3.63, 3.8) is 0 Å². The molecule has 146 valence electrons. The molecular formula is C27H33N. The van der Waals surface area contributed by atoms with Crippen LogP contribution < -0.4 is 4.90 Å². The Hall–Kier alpha value is -2.54. The fourth-order valence-electron chi connectivity index (χ4n) is 3.45. The van der Waals surface area contributed by atoms with Gasteiger partial charge in [0.15, 0.2) is 0 Å². The minimum Gasteiger partial charge on any atom is -0.363 e. The molecule has 0 N–H and O–H groups in total. The minimum atomic E-state index is 0.571. The molecule has 0 aliphatic heterocycles. The molecule has 0 radical (unpaired) electrons. The molecule has 0 saturated heterocycles. The van der Waals surface area contributed by atoms with E-state index in [2.05, 4.69) is 112 Å². The van der Waals surface area contributed by atoms with E-state index in [4.69, 9.17) is 0 Å². The van der Waals surface area contributed by atoms with Crippen LogP contribution in [-0.4, -0.2) is 0 Å². The quantitative estimate of drug-likeness (QED) is 0.417. The fraction of sp³-hybridized carbons (Fsp3) is 0.333. The van der Waals surface area contributed by atoms with Crippen molar-refractivity contribution >= 4 is 5.69 Å². The Morgan fingerprint density at radius 3 is 1.32 bits per heavy atom. The average molecular weight is 372 g/mol. The van der Waals surface area contributed by atoms with Crippen molar-refractivity contribution in [2.75, 3.05) is 4.90 Å². The van der Waals surface area contributed by atoms with Crippen molar-refractivity contribution in [1.29, 1.82) is 0 Å². The van der Waals surface area contributed by atoms with Gasteiger partial charge in [0.05, 0.1) is 0 Å². The van der Waals surface area contributed by atoms with Crippen LogP contribution in [0.3, 0.4) is 0 Å². The SMILES string of the molecule is Cc1ccc(N(Cc2ccc(C(C)C)cc2)Cc2ccc(C(C)C)cc2)cc1. The molecule has 0 aromatic heterocycles. The zero-order valence-corrected chi connectivity index (χ0v) is 17.9. The second-order valence-electron chi connectivity index (χ2n) is 8.48. The van der Waals surface area contributed by atoms with Gasteiger partial charge in [-0.1, -0.05) is 93.9 Å². The first-order valence-electron chi connectivity index (χ1n) is 10.4. The first-order chi connectivity index (χ1) is 13.4. The van der Waals surface area contributed by atoms with E-state index < -0.39 is 0 Å². The molecule has 0 spiro atoms. The molecule has 1 nitrogen and oxygen atoms in total. The van der Waals surface area contributed by atoms with E-state index in [1.54, 1.807) is 0 Å². The monoisotopic (exact) mass is 371 g/mol. The third-order valence-electron chi connectivity index (χ3n) is 5.44. The first kappa shape index (κ1) is 20.2. The van der Waals surface area contributed by atoms with Crippen molar-refractivity contribution in [3.05, 3.63) is 101 Å². The summed E-state index contributed by atoms with van der Waals surface area (Å²) >= 11 is 0. The van der Waals surface area contributed by atoms with Crippen LogP contribution >= 0.6 is 0 Å². The molecule has 28 heavy (non-hydrogen) atoms. The van der Waals surface area contributed by atoms with Gasteiger partial charge in [-0.15, -0.1) is 0 Å². The largest absolute Gasteiger partial charge is 0.363 e. The highest BCUT2D eigenvalue weighted by atomic mass is 15.1. The second kappa shape index (κ2) is 9.10. The first-order valence-corrected chi connectivity index (χ1v) is 10.4. The van der Waals surface area contributed by atoms with Gasteiger partial charge in [-0.25, -0.2) is 0 Å². The van der Waals surface area contributed by atoms with E-state index in [0.717, 1.165) is 13.1 Å². The lowest BCUT2D eigenvalue weighted by molar-refractivity contribution is 0.795. The van der Waals surface area contributed by atoms with Crippen molar-refractivity contribution in [1.82, 2.24) is 0 Å². The molecule has 0 saturated carbocycles. The lowest BCUT2D eigenvalue weighted by Crippen LogP contribution is -2.22. The Morgan fingerprint density at radius 1 is 0.571 bits per heavy atom. The van der Waals surface area contributed by atoms with E-state index in [1.807, 2.05) is 0 Å². The van der Waals surface area contributed by atoms with Crippen LogP contribution in [0.2, 0.25) is 0 Å². The van der Waals surface area contributed by atoms with Crippen LogP contribution in [0.5, 0.6) is 0 Å². The second-order valence-corrected chi connectivity index (χ2v) is 8.48. The predicted molar refractivity (Wildman–Crippen MR) is 122 cm³/mol. The maximum absolute atomic E-state index is 2.47. The van der Waals surface area contributed by atoms with E-state index in [-0.39, 0.29) is 0 Å². The Morgan fingerprint density at radius 2 is 0.964 bits per heavy atom. The highest BCUT2D eigenvalue weighted by Crippen LogP contribution is 2.23. The number of hydrogen-bond acceptors (Lipinski definition) is 1. The predicted octanol–water partition coefficient (Wildman–Crippen LogP) is 7.45. The summed E-state index contributed by atoms with van der Waals surface area (Å²) in [7, 11) is 0. The molecule has 0 bridgehead atoms. The zero-order chi connectivity index (χ0) is 20.1. The smallest absolute Gasteiger partial charge is 0.0433 e. The van der Waals surface area contributed by atoms with Crippen molar-refractivity contribution in [3.8, 4) is 0 Å². The summed E-state index contributed by atoms with van der Waals surface area (Å²) in [6.45, 7) is 12.9. The molecule has 0 aliphatic rings. The highest BCUT2D eigenvalue weighted by Gasteiger charge is 2.10. The van der Waals surface area contributed by atoms with E-state index >= 15 is 0 Å². The van der Waals surface area contributed by atoms with Crippen molar-refractivity contribution in [2.45, 2.75) is 59.5 Å². The van der Waals surface area contributed by atoms with Gasteiger partial charge in [0.2, 0.25) is 0 Å². The van der Waals surface area contributed by atoms with Crippen molar-refractivity contribution < 1.29 is 0 Å².